The molecule has 1 aliphatic heterocycles. The number of benzene rings is 1. The molecule has 28 heavy (non-hydrogen) atoms. The Morgan fingerprint density at radius 2 is 2.07 bits per heavy atom. The average molecular weight is 400 g/mol. The molecule has 1 aromatic carbocycles. The fraction of sp³-hybridized carbons (Fsp3) is 0.200. The first-order valence-corrected chi connectivity index (χ1v) is 9.20. The van der Waals surface area contributed by atoms with Crippen LogP contribution in [0.2, 0.25) is 5.02 Å². The second kappa shape index (κ2) is 8.10. The van der Waals surface area contributed by atoms with Crippen molar-refractivity contribution in [2.75, 3.05) is 30.6 Å². The number of fused-ring (bicyclic) bond motifs is 1. The van der Waals surface area contributed by atoms with Gasteiger partial charge in [0.05, 0.1) is 42.5 Å². The molecule has 0 unspecified atom stereocenters. The van der Waals surface area contributed by atoms with Crippen LogP contribution in [0.5, 0.6) is 0 Å². The maximum absolute atomic E-state index is 14.2. The van der Waals surface area contributed by atoms with E-state index in [4.69, 9.17) is 16.3 Å². The summed E-state index contributed by atoms with van der Waals surface area (Å²) in [5.41, 5.74) is 7.79. The lowest BCUT2D eigenvalue weighted by molar-refractivity contribution is 0.203. The minimum Gasteiger partial charge on any atom is -0.383 e. The third kappa shape index (κ3) is 3.77. The van der Waals surface area contributed by atoms with Crippen LogP contribution in [0.1, 0.15) is 5.69 Å². The van der Waals surface area contributed by atoms with Crippen LogP contribution >= 0.6 is 11.6 Å². The molecule has 2 aromatic heterocycles. The Labute approximate surface area is 167 Å². The Hall–Kier alpha value is -2.74. The number of hydrogen-bond acceptors (Lipinski definition) is 6. The highest BCUT2D eigenvalue weighted by atomic mass is 35.5. The molecular formula is C20H19ClFN5O. The van der Waals surface area contributed by atoms with Gasteiger partial charge in [0.15, 0.2) is 0 Å². The lowest BCUT2D eigenvalue weighted by Crippen LogP contribution is -2.35. The molecule has 0 saturated heterocycles. The summed E-state index contributed by atoms with van der Waals surface area (Å²) in [5, 5.41) is 5.88. The molecule has 2 N–H and O–H groups in total. The Bertz CT molecular complexity index is 1000. The van der Waals surface area contributed by atoms with Crippen molar-refractivity contribution < 1.29 is 9.13 Å². The first-order chi connectivity index (χ1) is 13.7. The quantitative estimate of drug-likeness (QED) is 0.649. The molecule has 0 fully saturated rings. The summed E-state index contributed by atoms with van der Waals surface area (Å²) in [6.45, 7) is 1.94. The lowest BCUT2D eigenvalue weighted by Gasteiger charge is -2.21. The Balaban J connectivity index is 1.65. The predicted octanol–water partition coefficient (Wildman–Crippen LogP) is 4.15. The number of nitrogens with zero attached hydrogens (tertiary/aromatic N) is 3. The molecule has 4 rings (SSSR count). The van der Waals surface area contributed by atoms with Crippen molar-refractivity contribution in [3.63, 3.8) is 0 Å². The van der Waals surface area contributed by atoms with Gasteiger partial charge in [0.25, 0.3) is 0 Å². The molecule has 0 amide bonds. The van der Waals surface area contributed by atoms with E-state index in [2.05, 4.69) is 20.7 Å². The summed E-state index contributed by atoms with van der Waals surface area (Å²) < 4.78 is 19.4. The van der Waals surface area contributed by atoms with Crippen LogP contribution in [-0.4, -0.2) is 30.2 Å². The van der Waals surface area contributed by atoms with E-state index < -0.39 is 0 Å². The van der Waals surface area contributed by atoms with Crippen molar-refractivity contribution in [3.8, 4) is 11.3 Å². The van der Waals surface area contributed by atoms with Gasteiger partial charge in [0.2, 0.25) is 0 Å². The van der Waals surface area contributed by atoms with Gasteiger partial charge in [-0.1, -0.05) is 11.6 Å². The maximum Gasteiger partial charge on any atom is 0.132 e. The monoisotopic (exact) mass is 399 g/mol. The maximum atomic E-state index is 14.2. The van der Waals surface area contributed by atoms with Crippen molar-refractivity contribution in [2.24, 2.45) is 0 Å². The van der Waals surface area contributed by atoms with Gasteiger partial charge < -0.3 is 15.1 Å². The molecule has 0 radical (unpaired) electrons. The first-order valence-electron chi connectivity index (χ1n) is 8.82. The smallest absolute Gasteiger partial charge is 0.132 e. The molecule has 1 aliphatic rings. The highest BCUT2D eigenvalue weighted by molar-refractivity contribution is 6.30. The lowest BCUT2D eigenvalue weighted by atomic mass is 10.1. The topological polar surface area (TPSA) is 62.3 Å². The highest BCUT2D eigenvalue weighted by Crippen LogP contribution is 2.34. The summed E-state index contributed by atoms with van der Waals surface area (Å²) in [6.07, 6.45) is 3.40. The van der Waals surface area contributed by atoms with Crippen LogP contribution in [0.15, 0.2) is 48.8 Å². The average Bonchev–Trinajstić information content (AvgIpc) is 3.12. The predicted molar refractivity (Wildman–Crippen MR) is 108 cm³/mol. The minimum absolute atomic E-state index is 0.361. The van der Waals surface area contributed by atoms with Crippen LogP contribution in [-0.2, 0) is 11.3 Å². The molecule has 0 aliphatic carbocycles. The molecule has 8 heteroatoms. The number of halogens is 2. The zero-order valence-corrected chi connectivity index (χ0v) is 16.0. The third-order valence-corrected chi connectivity index (χ3v) is 4.70. The number of pyridine rings is 2. The normalized spacial score (nSPS) is 12.9. The van der Waals surface area contributed by atoms with Crippen molar-refractivity contribution >= 4 is 28.7 Å². The van der Waals surface area contributed by atoms with E-state index in [-0.39, 0.29) is 5.82 Å². The van der Waals surface area contributed by atoms with Gasteiger partial charge >= 0.3 is 0 Å². The van der Waals surface area contributed by atoms with Crippen molar-refractivity contribution in [1.82, 2.24) is 15.4 Å². The number of aromatic nitrogens is 2. The number of anilines is 3. The summed E-state index contributed by atoms with van der Waals surface area (Å²) in [6, 6.07) is 9.97. The third-order valence-electron chi connectivity index (χ3n) is 4.47. The van der Waals surface area contributed by atoms with E-state index in [1.54, 1.807) is 31.6 Å². The number of rotatable bonds is 6. The molecule has 0 bridgehead atoms. The number of hydrazine groups is 1. The van der Waals surface area contributed by atoms with E-state index in [1.807, 2.05) is 17.1 Å². The number of methoxy groups -OCH3 is 1. The fourth-order valence-corrected chi connectivity index (χ4v) is 3.33. The van der Waals surface area contributed by atoms with Gasteiger partial charge in [0, 0.05) is 35.8 Å². The zero-order chi connectivity index (χ0) is 19.5. The molecule has 6 nitrogen and oxygen atoms in total. The standard InChI is InChI=1S/C20H19ClFN5O/c1-28-9-8-27-20-17(5-7-24-19(20)12-25-27)26-14-4-6-23-18(11-14)15-10-13(21)2-3-16(15)22/h2-7,10-11,25H,8-9,12H2,1H3,(H,23,24,26). The zero-order valence-electron chi connectivity index (χ0n) is 15.2. The fourth-order valence-electron chi connectivity index (χ4n) is 3.16. The van der Waals surface area contributed by atoms with Gasteiger partial charge in [-0.2, -0.15) is 0 Å². The number of hydrogen-bond donors (Lipinski definition) is 2. The Morgan fingerprint density at radius 3 is 2.93 bits per heavy atom. The summed E-state index contributed by atoms with van der Waals surface area (Å²) in [5.74, 6) is -0.367. The summed E-state index contributed by atoms with van der Waals surface area (Å²) in [7, 11) is 1.67. The molecule has 0 spiro atoms. The molecule has 144 valence electrons. The van der Waals surface area contributed by atoms with Gasteiger partial charge in [-0.15, -0.1) is 0 Å². The van der Waals surface area contributed by atoms with Gasteiger partial charge in [-0.3, -0.25) is 9.97 Å². The van der Waals surface area contributed by atoms with Crippen molar-refractivity contribution in [3.05, 3.63) is 65.3 Å². The van der Waals surface area contributed by atoms with Crippen LogP contribution in [0.25, 0.3) is 11.3 Å². The minimum atomic E-state index is -0.367. The summed E-state index contributed by atoms with van der Waals surface area (Å²) in [4.78, 5) is 8.74. The highest BCUT2D eigenvalue weighted by Gasteiger charge is 2.23. The molecule has 0 atom stereocenters. The second-order valence-electron chi connectivity index (χ2n) is 6.31. The van der Waals surface area contributed by atoms with Gasteiger partial charge in [-0.05, 0) is 36.4 Å². The molecular weight excluding hydrogens is 381 g/mol. The second-order valence-corrected chi connectivity index (χ2v) is 6.75. The van der Waals surface area contributed by atoms with E-state index in [0.717, 1.165) is 22.8 Å². The van der Waals surface area contributed by atoms with E-state index >= 15 is 0 Å². The van der Waals surface area contributed by atoms with E-state index in [0.29, 0.717) is 36.0 Å². The Morgan fingerprint density at radius 1 is 1.21 bits per heavy atom. The molecule has 3 aromatic rings. The first kappa shape index (κ1) is 18.6. The molecule has 3 heterocycles. The van der Waals surface area contributed by atoms with E-state index in [1.165, 1.54) is 12.1 Å². The van der Waals surface area contributed by atoms with Gasteiger partial charge in [0.1, 0.15) is 5.82 Å². The van der Waals surface area contributed by atoms with Crippen molar-refractivity contribution in [1.29, 1.82) is 0 Å². The molecule has 0 saturated carbocycles. The van der Waals surface area contributed by atoms with E-state index in [9.17, 15) is 4.39 Å². The van der Waals surface area contributed by atoms with Crippen molar-refractivity contribution in [2.45, 2.75) is 6.54 Å². The SMILES string of the molecule is COCCN1NCc2nccc(Nc3ccnc(-c4cc(Cl)ccc4F)c3)c21. The number of nitrogens with one attached hydrogen (secondary N) is 2. The van der Waals surface area contributed by atoms with Gasteiger partial charge in [-0.25, -0.2) is 9.82 Å². The van der Waals surface area contributed by atoms with Crippen LogP contribution in [0.3, 0.4) is 0 Å². The Kier molecular flexibility index (Phi) is 5.38. The summed E-state index contributed by atoms with van der Waals surface area (Å²) >= 11 is 6.02. The van der Waals surface area contributed by atoms with Crippen LogP contribution in [0.4, 0.5) is 21.5 Å². The number of ether oxygens (including phenoxy) is 1. The van der Waals surface area contributed by atoms with Crippen LogP contribution < -0.4 is 15.8 Å². The largest absolute Gasteiger partial charge is 0.383 e. The van der Waals surface area contributed by atoms with Crippen LogP contribution in [0, 0.1) is 5.82 Å².